The Morgan fingerprint density at radius 1 is 1.27 bits per heavy atom. The van der Waals surface area contributed by atoms with Crippen molar-refractivity contribution in [1.29, 1.82) is 0 Å². The van der Waals surface area contributed by atoms with Crippen molar-refractivity contribution in [2.45, 2.75) is 57.2 Å². The van der Waals surface area contributed by atoms with Crippen molar-refractivity contribution in [1.82, 2.24) is 0 Å². The molecule has 1 N–H and O–H groups in total. The summed E-state index contributed by atoms with van der Waals surface area (Å²) < 4.78 is 6.07. The summed E-state index contributed by atoms with van der Waals surface area (Å²) in [6, 6.07) is 2.00. The molecule has 2 aliphatic heterocycles. The van der Waals surface area contributed by atoms with Crippen LogP contribution in [0, 0.1) is 11.8 Å². The zero-order valence-electron chi connectivity index (χ0n) is 14.9. The number of rotatable bonds is 10. The molecule has 0 aliphatic carbocycles. The fraction of sp³-hybridized carbons (Fsp3) is 0.524. The number of hydrogen-bond donors (Lipinski definition) is 1. The van der Waals surface area contributed by atoms with Gasteiger partial charge >= 0.3 is 5.97 Å². The van der Waals surface area contributed by atoms with E-state index in [9.17, 15) is 9.59 Å². The summed E-state index contributed by atoms with van der Waals surface area (Å²) in [4.78, 5) is 22.7. The molecule has 1 aromatic rings. The third kappa shape index (κ3) is 5.15. The molecule has 0 unspecified atom stereocenters. The smallest absolute Gasteiger partial charge is 0.303 e. The number of carbonyl (C=O) groups excluding carboxylic acids is 1. The van der Waals surface area contributed by atoms with Crippen LogP contribution in [0.25, 0.3) is 0 Å². The Morgan fingerprint density at radius 3 is 2.88 bits per heavy atom. The van der Waals surface area contributed by atoms with E-state index >= 15 is 0 Å². The van der Waals surface area contributed by atoms with Crippen LogP contribution < -0.4 is 0 Å². The molecule has 26 heavy (non-hydrogen) atoms. The summed E-state index contributed by atoms with van der Waals surface area (Å²) in [7, 11) is 0. The Bertz CT molecular complexity index is 662. The third-order valence-corrected chi connectivity index (χ3v) is 6.02. The number of ketones is 1. The van der Waals surface area contributed by atoms with Crippen LogP contribution in [-0.2, 0) is 20.7 Å². The van der Waals surface area contributed by atoms with Crippen molar-refractivity contribution in [3.05, 3.63) is 46.7 Å². The molecule has 2 aliphatic rings. The molecular formula is C21H26O4S. The minimum Gasteiger partial charge on any atom is -0.481 e. The molecule has 4 atom stereocenters. The molecule has 3 heterocycles. The molecule has 2 saturated heterocycles. The van der Waals surface area contributed by atoms with Crippen LogP contribution in [-0.4, -0.2) is 29.1 Å². The summed E-state index contributed by atoms with van der Waals surface area (Å²) in [6.07, 6.45) is 13.9. The first-order valence-corrected chi connectivity index (χ1v) is 10.3. The lowest BCUT2D eigenvalue weighted by Gasteiger charge is -2.24. The molecule has 140 valence electrons. The van der Waals surface area contributed by atoms with Gasteiger partial charge in [-0.15, -0.1) is 0 Å². The van der Waals surface area contributed by atoms with E-state index < -0.39 is 5.97 Å². The topological polar surface area (TPSA) is 63.6 Å². The van der Waals surface area contributed by atoms with Gasteiger partial charge in [-0.05, 0) is 66.5 Å². The van der Waals surface area contributed by atoms with E-state index in [1.165, 1.54) is 0 Å². The molecular weight excluding hydrogens is 348 g/mol. The van der Waals surface area contributed by atoms with E-state index in [0.717, 1.165) is 31.2 Å². The van der Waals surface area contributed by atoms with Gasteiger partial charge in [0.05, 0.1) is 12.2 Å². The maximum atomic E-state index is 12.2. The lowest BCUT2D eigenvalue weighted by molar-refractivity contribution is -0.137. The highest BCUT2D eigenvalue weighted by Crippen LogP contribution is 2.45. The van der Waals surface area contributed by atoms with Crippen LogP contribution in [0.4, 0.5) is 0 Å². The van der Waals surface area contributed by atoms with Gasteiger partial charge in [-0.25, -0.2) is 0 Å². The van der Waals surface area contributed by atoms with E-state index in [2.05, 4.69) is 18.2 Å². The number of hydrogen-bond acceptors (Lipinski definition) is 4. The first kappa shape index (κ1) is 19.1. The maximum absolute atomic E-state index is 12.2. The second-order valence-electron chi connectivity index (χ2n) is 7.16. The minimum absolute atomic E-state index is 0.147. The molecule has 1 aromatic heterocycles. The van der Waals surface area contributed by atoms with E-state index in [0.29, 0.717) is 30.8 Å². The molecule has 0 spiro atoms. The van der Waals surface area contributed by atoms with Gasteiger partial charge in [-0.2, -0.15) is 11.3 Å². The average Bonchev–Trinajstić information content (AvgIpc) is 3.33. The van der Waals surface area contributed by atoms with Gasteiger partial charge in [0.2, 0.25) is 0 Å². The molecule has 0 amide bonds. The quantitative estimate of drug-likeness (QED) is 0.374. The van der Waals surface area contributed by atoms with Crippen LogP contribution in [0.5, 0.6) is 0 Å². The zero-order chi connectivity index (χ0) is 18.4. The molecule has 0 saturated carbocycles. The summed E-state index contributed by atoms with van der Waals surface area (Å²) in [5.41, 5.74) is 1.08. The van der Waals surface area contributed by atoms with Gasteiger partial charge in [0, 0.05) is 18.8 Å². The van der Waals surface area contributed by atoms with E-state index in [-0.39, 0.29) is 18.3 Å². The van der Waals surface area contributed by atoms with Crippen molar-refractivity contribution in [3.63, 3.8) is 0 Å². The fourth-order valence-electron chi connectivity index (χ4n) is 4.00. The fourth-order valence-corrected chi connectivity index (χ4v) is 4.67. The summed E-state index contributed by atoms with van der Waals surface area (Å²) >= 11 is 1.61. The van der Waals surface area contributed by atoms with E-state index in [1.807, 2.05) is 16.8 Å². The first-order valence-electron chi connectivity index (χ1n) is 9.38. The highest BCUT2D eigenvalue weighted by molar-refractivity contribution is 7.08. The number of fused-ring (bicyclic) bond motifs is 2. The Labute approximate surface area is 158 Å². The number of allylic oxidation sites excluding steroid dienone is 3. The second-order valence-corrected chi connectivity index (χ2v) is 7.94. The van der Waals surface area contributed by atoms with Gasteiger partial charge in [-0.1, -0.05) is 18.2 Å². The van der Waals surface area contributed by atoms with E-state index in [1.54, 1.807) is 17.4 Å². The Morgan fingerprint density at radius 2 is 2.12 bits per heavy atom. The van der Waals surface area contributed by atoms with Crippen LogP contribution in [0.15, 0.2) is 41.1 Å². The van der Waals surface area contributed by atoms with Gasteiger partial charge in [0.25, 0.3) is 0 Å². The summed E-state index contributed by atoms with van der Waals surface area (Å²) in [5, 5.41) is 12.7. The molecule has 2 bridgehead atoms. The molecule has 5 heteroatoms. The van der Waals surface area contributed by atoms with Crippen LogP contribution >= 0.6 is 11.3 Å². The maximum Gasteiger partial charge on any atom is 0.303 e. The normalized spacial score (nSPS) is 27.7. The van der Waals surface area contributed by atoms with E-state index in [4.69, 9.17) is 9.84 Å². The van der Waals surface area contributed by atoms with Crippen LogP contribution in [0.1, 0.15) is 44.1 Å². The van der Waals surface area contributed by atoms with Crippen molar-refractivity contribution in [3.8, 4) is 0 Å². The number of carbonyl (C=O) groups is 2. The highest BCUT2D eigenvalue weighted by Gasteiger charge is 2.46. The Balaban J connectivity index is 1.50. The lowest BCUT2D eigenvalue weighted by atomic mass is 9.77. The SMILES string of the molecule is O=C(O)CCCC=CC[C@@H]1[C@H](C=CC(=O)Cc2ccsc2)[C@@H]2CC[C@H]1O2. The summed E-state index contributed by atoms with van der Waals surface area (Å²) in [6.45, 7) is 0. The van der Waals surface area contributed by atoms with Crippen molar-refractivity contribution in [2.24, 2.45) is 11.8 Å². The van der Waals surface area contributed by atoms with Crippen molar-refractivity contribution < 1.29 is 19.4 Å². The largest absolute Gasteiger partial charge is 0.481 e. The highest BCUT2D eigenvalue weighted by atomic mass is 32.1. The van der Waals surface area contributed by atoms with Gasteiger partial charge in [0.1, 0.15) is 0 Å². The number of ether oxygens (including phenoxy) is 1. The second kappa shape index (κ2) is 9.28. The Hall–Kier alpha value is -1.72. The van der Waals surface area contributed by atoms with Gasteiger partial charge in [-0.3, -0.25) is 9.59 Å². The Kier molecular flexibility index (Phi) is 6.80. The molecule has 4 nitrogen and oxygen atoms in total. The minimum atomic E-state index is -0.739. The first-order chi connectivity index (χ1) is 12.6. The monoisotopic (exact) mass is 374 g/mol. The van der Waals surface area contributed by atoms with Crippen molar-refractivity contribution >= 4 is 23.1 Å². The molecule has 0 radical (unpaired) electrons. The average molecular weight is 375 g/mol. The molecule has 0 aromatic carbocycles. The number of unbranched alkanes of at least 4 members (excludes halogenated alkanes) is 1. The van der Waals surface area contributed by atoms with Crippen LogP contribution in [0.3, 0.4) is 0 Å². The number of thiophene rings is 1. The number of carboxylic acid groups (broad SMARTS) is 1. The predicted octanol–water partition coefficient (Wildman–Crippen LogP) is 4.41. The predicted molar refractivity (Wildman–Crippen MR) is 102 cm³/mol. The number of aliphatic carboxylic acids is 1. The molecule has 3 rings (SSSR count). The zero-order valence-corrected chi connectivity index (χ0v) is 15.7. The third-order valence-electron chi connectivity index (χ3n) is 5.29. The lowest BCUT2D eigenvalue weighted by Crippen LogP contribution is -2.25. The molecule has 2 fully saturated rings. The van der Waals surface area contributed by atoms with Gasteiger partial charge in [0.15, 0.2) is 5.78 Å². The standard InChI is InChI=1S/C21H26O4S/c22-16(13-15-11-12-26-14-15)7-8-18-17(19-9-10-20(18)25-19)5-3-1-2-4-6-21(23)24/h1,3,7-8,11-12,14,17-20H,2,4-6,9-10,13H2,(H,23,24)/t17-,18+,19-,20+/m1/s1. The number of carboxylic acids is 1. The van der Waals surface area contributed by atoms with Gasteiger partial charge < -0.3 is 9.84 Å². The summed E-state index contributed by atoms with van der Waals surface area (Å²) in [5.74, 6) is 0.143. The van der Waals surface area contributed by atoms with Crippen molar-refractivity contribution in [2.75, 3.05) is 0 Å². The van der Waals surface area contributed by atoms with Crippen LogP contribution in [0.2, 0.25) is 0 Å².